The number of sulfonamides is 1. The zero-order chi connectivity index (χ0) is 28.0. The molecule has 13 nitrogen and oxygen atoms in total. The molecular formula is C25H28N6O7S. The minimum Gasteiger partial charge on any atom is -0.480 e. The summed E-state index contributed by atoms with van der Waals surface area (Å²) in [5.41, 5.74) is 9.40. The largest absolute Gasteiger partial charge is 0.480 e. The van der Waals surface area contributed by atoms with Crippen LogP contribution in [0.15, 0.2) is 64.6 Å². The maximum Gasteiger partial charge on any atom is 0.415 e. The average molecular weight is 557 g/mol. The highest BCUT2D eigenvalue weighted by Gasteiger charge is 2.44. The van der Waals surface area contributed by atoms with Gasteiger partial charge in [0.05, 0.1) is 10.9 Å². The Labute approximate surface area is 225 Å². The van der Waals surface area contributed by atoms with Crippen LogP contribution in [-0.2, 0) is 26.0 Å². The number of ether oxygens (including phenoxy) is 1. The highest BCUT2D eigenvalue weighted by molar-refractivity contribution is 7.89. The van der Waals surface area contributed by atoms with E-state index in [1.807, 2.05) is 0 Å². The second-order valence-electron chi connectivity index (χ2n) is 9.31. The Morgan fingerprint density at radius 2 is 1.77 bits per heavy atom. The first kappa shape index (κ1) is 27.9. The van der Waals surface area contributed by atoms with Crippen molar-refractivity contribution in [2.24, 2.45) is 5.11 Å². The van der Waals surface area contributed by atoms with Crippen LogP contribution in [0.25, 0.3) is 10.4 Å². The van der Waals surface area contributed by atoms with Crippen molar-refractivity contribution >= 4 is 28.0 Å². The van der Waals surface area contributed by atoms with Crippen molar-refractivity contribution < 1.29 is 32.6 Å². The molecule has 0 saturated carbocycles. The molecule has 2 heterocycles. The summed E-state index contributed by atoms with van der Waals surface area (Å²) in [4.78, 5) is 41.7. The lowest BCUT2D eigenvalue weighted by atomic mass is 10.0. The van der Waals surface area contributed by atoms with E-state index in [1.165, 1.54) is 12.1 Å². The van der Waals surface area contributed by atoms with E-state index in [2.05, 4.69) is 15.3 Å². The molecule has 206 valence electrons. The number of carboxylic acid groups (broad SMARTS) is 1. The standard InChI is InChI=1S/C25H28N6O7S/c26-29-28-18-15-22(31(16-18)39(36,37)20-6-2-1-3-7-20)23(32)27-21(24(33)34)14-17-8-10-19(11-9-17)38-25(35)30-12-4-5-13-30/h1-3,6-11,18,21-22H,4-5,12-16H2,(H,27,32)(H,33,34)/t18-,21?,22+/m1/s1. The van der Waals surface area contributed by atoms with Crippen molar-refractivity contribution in [2.45, 2.75) is 48.7 Å². The fraction of sp³-hybridized carbons (Fsp3) is 0.400. The summed E-state index contributed by atoms with van der Waals surface area (Å²) < 4.78 is 32.8. The van der Waals surface area contributed by atoms with Crippen LogP contribution in [0.2, 0.25) is 0 Å². The van der Waals surface area contributed by atoms with Gasteiger partial charge in [-0.3, -0.25) is 4.79 Å². The lowest BCUT2D eigenvalue weighted by Gasteiger charge is -2.25. The van der Waals surface area contributed by atoms with E-state index in [1.54, 1.807) is 47.4 Å². The number of rotatable bonds is 9. The molecule has 0 bridgehead atoms. The van der Waals surface area contributed by atoms with Crippen molar-refractivity contribution in [1.29, 1.82) is 0 Å². The van der Waals surface area contributed by atoms with Gasteiger partial charge in [-0.25, -0.2) is 18.0 Å². The van der Waals surface area contributed by atoms with Crippen molar-refractivity contribution in [1.82, 2.24) is 14.5 Å². The molecule has 39 heavy (non-hydrogen) atoms. The molecule has 2 aromatic carbocycles. The predicted octanol–water partition coefficient (Wildman–Crippen LogP) is 2.54. The van der Waals surface area contributed by atoms with Gasteiger partial charge in [-0.05, 0) is 54.6 Å². The van der Waals surface area contributed by atoms with Crippen LogP contribution in [0, 0.1) is 0 Å². The van der Waals surface area contributed by atoms with Gasteiger partial charge < -0.3 is 20.1 Å². The number of azide groups is 1. The first-order valence-electron chi connectivity index (χ1n) is 12.4. The number of nitrogens with one attached hydrogen (secondary N) is 1. The van der Waals surface area contributed by atoms with Gasteiger partial charge in [0.25, 0.3) is 0 Å². The van der Waals surface area contributed by atoms with Crippen LogP contribution < -0.4 is 10.1 Å². The summed E-state index contributed by atoms with van der Waals surface area (Å²) in [6.07, 6.45) is 1.23. The van der Waals surface area contributed by atoms with E-state index in [9.17, 15) is 27.9 Å². The van der Waals surface area contributed by atoms with Crippen LogP contribution in [0.1, 0.15) is 24.8 Å². The first-order chi connectivity index (χ1) is 18.7. The van der Waals surface area contributed by atoms with E-state index in [4.69, 9.17) is 10.3 Å². The van der Waals surface area contributed by atoms with Crippen molar-refractivity contribution in [3.05, 3.63) is 70.6 Å². The van der Waals surface area contributed by atoms with Gasteiger partial charge >= 0.3 is 12.1 Å². The van der Waals surface area contributed by atoms with E-state index in [0.717, 1.165) is 17.1 Å². The molecule has 2 aliphatic rings. The Bertz CT molecular complexity index is 1360. The lowest BCUT2D eigenvalue weighted by molar-refractivity contribution is -0.142. The minimum atomic E-state index is -4.12. The van der Waals surface area contributed by atoms with Crippen LogP contribution in [-0.4, -0.2) is 78.5 Å². The van der Waals surface area contributed by atoms with Gasteiger partial charge in [0, 0.05) is 31.0 Å². The maximum atomic E-state index is 13.3. The Morgan fingerprint density at radius 1 is 1.10 bits per heavy atom. The SMILES string of the molecule is [N-]=[N+]=N[C@@H]1C[C@@H](C(=O)NC(Cc2ccc(OC(=O)N3CCCC3)cc2)C(=O)O)N(S(=O)(=O)c2ccccc2)C1. The van der Waals surface area contributed by atoms with Crippen molar-refractivity contribution in [2.75, 3.05) is 19.6 Å². The molecule has 14 heteroatoms. The zero-order valence-corrected chi connectivity index (χ0v) is 21.7. The number of benzene rings is 2. The average Bonchev–Trinajstić information content (AvgIpc) is 3.61. The number of amides is 2. The maximum absolute atomic E-state index is 13.3. The second kappa shape index (κ2) is 12.2. The summed E-state index contributed by atoms with van der Waals surface area (Å²) in [6, 6.07) is 10.4. The number of carbonyl (C=O) groups is 3. The third kappa shape index (κ3) is 6.66. The van der Waals surface area contributed by atoms with Crippen LogP contribution in [0.4, 0.5) is 4.79 Å². The molecule has 0 radical (unpaired) electrons. The van der Waals surface area contributed by atoms with E-state index >= 15 is 0 Å². The van der Waals surface area contributed by atoms with Crippen LogP contribution >= 0.6 is 0 Å². The Kier molecular flexibility index (Phi) is 8.69. The molecule has 3 atom stereocenters. The van der Waals surface area contributed by atoms with Crippen molar-refractivity contribution in [3.63, 3.8) is 0 Å². The third-order valence-corrected chi connectivity index (χ3v) is 8.54. The molecule has 2 aliphatic heterocycles. The van der Waals surface area contributed by atoms with Gasteiger partial charge in [0.1, 0.15) is 17.8 Å². The van der Waals surface area contributed by atoms with Gasteiger partial charge in [-0.1, -0.05) is 35.4 Å². The second-order valence-corrected chi connectivity index (χ2v) is 11.2. The highest BCUT2D eigenvalue weighted by Crippen LogP contribution is 2.28. The van der Waals surface area contributed by atoms with Gasteiger partial charge in [-0.15, -0.1) is 0 Å². The normalized spacial score (nSPS) is 20.2. The van der Waals surface area contributed by atoms with Crippen LogP contribution in [0.5, 0.6) is 5.75 Å². The molecule has 2 N–H and O–H groups in total. The number of aliphatic carboxylic acids is 1. The van der Waals surface area contributed by atoms with E-state index in [-0.39, 0.29) is 24.3 Å². The Balaban J connectivity index is 1.45. The molecule has 2 amide bonds. The van der Waals surface area contributed by atoms with Crippen molar-refractivity contribution in [3.8, 4) is 5.75 Å². The van der Waals surface area contributed by atoms with Gasteiger partial charge in [0.15, 0.2) is 0 Å². The third-order valence-electron chi connectivity index (χ3n) is 6.65. The summed E-state index contributed by atoms with van der Waals surface area (Å²) in [5, 5.41) is 15.8. The monoisotopic (exact) mass is 556 g/mol. The van der Waals surface area contributed by atoms with E-state index in [0.29, 0.717) is 24.4 Å². The molecular weight excluding hydrogens is 528 g/mol. The smallest absolute Gasteiger partial charge is 0.415 e. The summed E-state index contributed by atoms with van der Waals surface area (Å²) in [7, 11) is -4.12. The molecule has 2 saturated heterocycles. The minimum absolute atomic E-state index is 0.0373. The summed E-state index contributed by atoms with van der Waals surface area (Å²) >= 11 is 0. The highest BCUT2D eigenvalue weighted by atomic mass is 32.2. The molecule has 0 spiro atoms. The molecule has 1 unspecified atom stereocenters. The molecule has 2 fully saturated rings. The van der Waals surface area contributed by atoms with E-state index < -0.39 is 46.1 Å². The first-order valence-corrected chi connectivity index (χ1v) is 13.8. The molecule has 0 aliphatic carbocycles. The molecule has 0 aromatic heterocycles. The lowest BCUT2D eigenvalue weighted by Crippen LogP contribution is -2.51. The Morgan fingerprint density at radius 3 is 2.38 bits per heavy atom. The molecule has 2 aromatic rings. The topological polar surface area (TPSA) is 182 Å². The van der Waals surface area contributed by atoms with Gasteiger partial charge in [-0.2, -0.15) is 4.31 Å². The summed E-state index contributed by atoms with van der Waals surface area (Å²) in [6.45, 7) is 1.08. The predicted molar refractivity (Wildman–Crippen MR) is 138 cm³/mol. The number of carboxylic acids is 1. The quantitative estimate of drug-likeness (QED) is 0.270. The Hall–Kier alpha value is -4.13. The van der Waals surface area contributed by atoms with Crippen LogP contribution in [0.3, 0.4) is 0 Å². The summed E-state index contributed by atoms with van der Waals surface area (Å²) in [5.74, 6) is -1.81. The number of hydrogen-bond donors (Lipinski definition) is 2. The zero-order valence-electron chi connectivity index (χ0n) is 20.9. The number of nitrogens with zero attached hydrogens (tertiary/aromatic N) is 5. The fourth-order valence-corrected chi connectivity index (χ4v) is 6.29. The van der Waals surface area contributed by atoms with Gasteiger partial charge in [0.2, 0.25) is 15.9 Å². The number of likely N-dealkylation sites (tertiary alicyclic amines) is 1. The fourth-order valence-electron chi connectivity index (χ4n) is 4.64. The molecule has 4 rings (SSSR count). The number of hydrogen-bond acceptors (Lipinski definition) is 7. The number of carbonyl (C=O) groups excluding carboxylic acids is 2.